The Labute approximate surface area is 188 Å². The minimum Gasteiger partial charge on any atom is -0.382 e. The van der Waals surface area contributed by atoms with E-state index >= 15 is 0 Å². The minimum absolute atomic E-state index is 0.350. The number of nitrogens with two attached hydrogens (primary N) is 1. The molecule has 5 heteroatoms. The number of allylic oxidation sites excluding steroid dienone is 3. The van der Waals surface area contributed by atoms with Crippen molar-refractivity contribution in [3.8, 4) is 0 Å². The van der Waals surface area contributed by atoms with Crippen LogP contribution in [0.4, 0.5) is 17.3 Å². The summed E-state index contributed by atoms with van der Waals surface area (Å²) >= 11 is 0. The number of anilines is 2. The summed E-state index contributed by atoms with van der Waals surface area (Å²) in [5, 5.41) is 0. The zero-order valence-electron chi connectivity index (χ0n) is 20.5. The van der Waals surface area contributed by atoms with Gasteiger partial charge in [0.05, 0.1) is 7.05 Å². The molecular weight excluding hydrogens is 382 g/mol. The van der Waals surface area contributed by atoms with E-state index in [2.05, 4.69) is 62.6 Å². The van der Waals surface area contributed by atoms with Crippen molar-refractivity contribution in [2.45, 2.75) is 79.6 Å². The summed E-state index contributed by atoms with van der Waals surface area (Å²) in [5.74, 6) is 2.38. The van der Waals surface area contributed by atoms with Crippen LogP contribution in [0.5, 0.6) is 0 Å². The van der Waals surface area contributed by atoms with Gasteiger partial charge in [0.2, 0.25) is 0 Å². The van der Waals surface area contributed by atoms with Gasteiger partial charge < -0.3 is 10.6 Å². The molecule has 0 amide bonds. The van der Waals surface area contributed by atoms with Crippen LogP contribution in [0.1, 0.15) is 79.6 Å². The Bertz CT molecular complexity index is 899. The molecule has 31 heavy (non-hydrogen) atoms. The summed E-state index contributed by atoms with van der Waals surface area (Å²) in [6.45, 7) is 14.1. The fourth-order valence-corrected chi connectivity index (χ4v) is 6.35. The molecule has 0 aromatic carbocycles. The Balaban J connectivity index is 1.46. The predicted octanol–water partition coefficient (Wildman–Crippen LogP) is 4.65. The summed E-state index contributed by atoms with van der Waals surface area (Å²) in [4.78, 5) is 12.3. The van der Waals surface area contributed by atoms with Crippen molar-refractivity contribution >= 4 is 17.3 Å². The van der Waals surface area contributed by atoms with Crippen LogP contribution in [0.15, 0.2) is 29.1 Å². The summed E-state index contributed by atoms with van der Waals surface area (Å²) in [5.41, 5.74) is 13.0. The molecule has 0 saturated heterocycles. The van der Waals surface area contributed by atoms with E-state index in [-0.39, 0.29) is 0 Å². The predicted molar refractivity (Wildman–Crippen MR) is 129 cm³/mol. The van der Waals surface area contributed by atoms with Gasteiger partial charge in [0.1, 0.15) is 6.33 Å². The molecule has 0 spiro atoms. The monoisotopic (exact) mass is 424 g/mol. The van der Waals surface area contributed by atoms with Crippen molar-refractivity contribution in [2.75, 3.05) is 30.9 Å². The first-order chi connectivity index (χ1) is 14.6. The van der Waals surface area contributed by atoms with Gasteiger partial charge in [-0.2, -0.15) is 4.98 Å². The van der Waals surface area contributed by atoms with Gasteiger partial charge in [0, 0.05) is 6.54 Å². The molecule has 1 aromatic rings. The van der Waals surface area contributed by atoms with E-state index < -0.39 is 0 Å². The van der Waals surface area contributed by atoms with Gasteiger partial charge >= 0.3 is 0 Å². The average Bonchev–Trinajstić information content (AvgIpc) is 3.05. The lowest BCUT2D eigenvalue weighted by Crippen LogP contribution is -3.03. The molecule has 0 bridgehead atoms. The van der Waals surface area contributed by atoms with Crippen molar-refractivity contribution in [3.05, 3.63) is 29.1 Å². The highest BCUT2D eigenvalue weighted by Gasteiger charge is 2.44. The van der Waals surface area contributed by atoms with Crippen molar-refractivity contribution in [1.82, 2.24) is 9.97 Å². The maximum absolute atomic E-state index is 6.17. The number of rotatable bonds is 5. The molecule has 3 atom stereocenters. The van der Waals surface area contributed by atoms with Crippen LogP contribution in [0.2, 0.25) is 0 Å². The second-order valence-corrected chi connectivity index (χ2v) is 11.2. The van der Waals surface area contributed by atoms with Gasteiger partial charge in [0.15, 0.2) is 18.2 Å². The molecule has 1 aromatic heterocycles. The fraction of sp³-hybridized carbons (Fsp3) is 0.692. The van der Waals surface area contributed by atoms with Crippen LogP contribution in [-0.2, 0) is 0 Å². The standard InChI is InChI=1S/C26H41N5/c1-18(12-15-31-17-30(6)24-22(31)23(27)28-16-29-24)11-14-26(5)19(2)9-10-20-21(26)8-7-13-25(20,3)4/h12,16,19H,7-11,13-15,17H2,1-6H3,(H2,27,28,29)/p+1. The lowest BCUT2D eigenvalue weighted by molar-refractivity contribution is -0.805. The van der Waals surface area contributed by atoms with Gasteiger partial charge in [-0.1, -0.05) is 50.5 Å². The molecular formula is C26H42N5+. The van der Waals surface area contributed by atoms with E-state index in [1.165, 1.54) is 55.4 Å². The summed E-state index contributed by atoms with van der Waals surface area (Å²) in [7, 11) is 2.14. The van der Waals surface area contributed by atoms with Gasteiger partial charge in [-0.15, -0.1) is 0 Å². The third-order valence-electron chi connectivity index (χ3n) is 8.71. The molecule has 0 saturated carbocycles. The molecule has 3 N–H and O–H groups in total. The lowest BCUT2D eigenvalue weighted by Gasteiger charge is -2.50. The van der Waals surface area contributed by atoms with E-state index in [9.17, 15) is 0 Å². The fourth-order valence-electron chi connectivity index (χ4n) is 6.35. The Morgan fingerprint density at radius 1 is 1.26 bits per heavy atom. The number of nitrogen functional groups attached to an aromatic ring is 1. The second kappa shape index (κ2) is 8.23. The molecule has 3 unspecified atom stereocenters. The molecule has 1 aliphatic heterocycles. The van der Waals surface area contributed by atoms with Crippen molar-refractivity contribution < 1.29 is 4.90 Å². The number of hydrogen-bond donors (Lipinski definition) is 2. The summed E-state index contributed by atoms with van der Waals surface area (Å²) in [6, 6.07) is 0. The maximum Gasteiger partial charge on any atom is 0.256 e. The Kier molecular flexibility index (Phi) is 5.93. The molecule has 0 radical (unpaired) electrons. The van der Waals surface area contributed by atoms with E-state index in [1.54, 1.807) is 11.9 Å². The second-order valence-electron chi connectivity index (χ2n) is 11.2. The molecule has 0 fully saturated rings. The minimum atomic E-state index is 0.350. The maximum atomic E-state index is 6.17. The van der Waals surface area contributed by atoms with Gasteiger partial charge in [0.25, 0.3) is 5.82 Å². The lowest BCUT2D eigenvalue weighted by atomic mass is 9.55. The smallest absolute Gasteiger partial charge is 0.256 e. The van der Waals surface area contributed by atoms with E-state index in [4.69, 9.17) is 5.73 Å². The highest BCUT2D eigenvalue weighted by atomic mass is 15.4. The first-order valence-corrected chi connectivity index (χ1v) is 12.2. The van der Waals surface area contributed by atoms with Crippen LogP contribution in [0.3, 0.4) is 0 Å². The highest BCUT2D eigenvalue weighted by Crippen LogP contribution is 2.56. The quantitative estimate of drug-likeness (QED) is 0.676. The van der Waals surface area contributed by atoms with E-state index in [0.29, 0.717) is 16.6 Å². The SMILES string of the molecule is CC(=CCN1C[NH+](C)c2ncnc(N)c21)CCC1(C)C2=C(CCC1C)C(C)(C)CCC2. The van der Waals surface area contributed by atoms with Crippen LogP contribution < -0.4 is 15.5 Å². The number of fused-ring (bicyclic) bond motifs is 1. The van der Waals surface area contributed by atoms with Crippen LogP contribution in [0.25, 0.3) is 0 Å². The largest absolute Gasteiger partial charge is 0.382 e. The van der Waals surface area contributed by atoms with Crippen LogP contribution in [0, 0.1) is 16.7 Å². The highest BCUT2D eigenvalue weighted by molar-refractivity contribution is 5.73. The Morgan fingerprint density at radius 3 is 2.81 bits per heavy atom. The third kappa shape index (κ3) is 4.02. The van der Waals surface area contributed by atoms with Gasteiger partial charge in [-0.05, 0) is 68.6 Å². The first-order valence-electron chi connectivity index (χ1n) is 12.2. The average molecular weight is 425 g/mol. The topological polar surface area (TPSA) is 59.5 Å². The molecule has 2 heterocycles. The van der Waals surface area contributed by atoms with Gasteiger partial charge in [-0.25, -0.2) is 4.98 Å². The van der Waals surface area contributed by atoms with Crippen molar-refractivity contribution in [1.29, 1.82) is 0 Å². The molecule has 5 nitrogen and oxygen atoms in total. The molecule has 3 aliphatic rings. The molecule has 170 valence electrons. The van der Waals surface area contributed by atoms with Crippen molar-refractivity contribution in [3.63, 3.8) is 0 Å². The zero-order valence-corrected chi connectivity index (χ0v) is 20.5. The van der Waals surface area contributed by atoms with Crippen LogP contribution >= 0.6 is 0 Å². The third-order valence-corrected chi connectivity index (χ3v) is 8.71. The summed E-state index contributed by atoms with van der Waals surface area (Å²) < 4.78 is 0. The van der Waals surface area contributed by atoms with Gasteiger partial charge in [-0.3, -0.25) is 4.90 Å². The number of quaternary nitrogens is 1. The molecule has 4 rings (SSSR count). The number of aromatic nitrogens is 2. The Hall–Kier alpha value is -1.88. The number of hydrogen-bond acceptors (Lipinski definition) is 4. The van der Waals surface area contributed by atoms with Crippen molar-refractivity contribution in [2.24, 2.45) is 16.7 Å². The van der Waals surface area contributed by atoms with Crippen LogP contribution in [-0.4, -0.2) is 30.2 Å². The number of nitrogens with one attached hydrogen (secondary N) is 1. The molecule has 2 aliphatic carbocycles. The Morgan fingerprint density at radius 2 is 2.03 bits per heavy atom. The van der Waals surface area contributed by atoms with E-state index in [1.807, 2.05) is 5.57 Å². The summed E-state index contributed by atoms with van der Waals surface area (Å²) in [6.07, 6.45) is 13.1. The first kappa shape index (κ1) is 22.3. The zero-order chi connectivity index (χ0) is 22.4. The normalized spacial score (nSPS) is 30.4. The number of nitrogens with zero attached hydrogens (tertiary/aromatic N) is 3. The van der Waals surface area contributed by atoms with E-state index in [0.717, 1.165) is 30.6 Å².